The van der Waals surface area contributed by atoms with Crippen molar-refractivity contribution in [2.24, 2.45) is 5.41 Å². The Morgan fingerprint density at radius 1 is 1.60 bits per heavy atom. The standard InChI is InChI=1S/C12H20N2S/c1-9(10-7-13-8-15-10)14-11-5-4-6-12(11,2)3/h7-9,11,14H,4-6H2,1-3H3. The maximum Gasteiger partial charge on any atom is 0.0794 e. The molecule has 0 saturated heterocycles. The lowest BCUT2D eigenvalue weighted by molar-refractivity contribution is 0.267. The van der Waals surface area contributed by atoms with Crippen LogP contribution in [0.5, 0.6) is 0 Å². The summed E-state index contributed by atoms with van der Waals surface area (Å²) < 4.78 is 0. The average Bonchev–Trinajstić information content (AvgIpc) is 2.76. The molecular weight excluding hydrogens is 204 g/mol. The number of rotatable bonds is 3. The Morgan fingerprint density at radius 2 is 2.40 bits per heavy atom. The van der Waals surface area contributed by atoms with Crippen molar-refractivity contribution in [2.45, 2.75) is 52.1 Å². The van der Waals surface area contributed by atoms with Gasteiger partial charge in [-0.1, -0.05) is 20.3 Å². The Morgan fingerprint density at radius 3 is 2.93 bits per heavy atom. The second-order valence-electron chi connectivity index (χ2n) is 5.23. The molecule has 0 spiro atoms. The van der Waals surface area contributed by atoms with Gasteiger partial charge in [0.25, 0.3) is 0 Å². The van der Waals surface area contributed by atoms with E-state index < -0.39 is 0 Å². The highest BCUT2D eigenvalue weighted by atomic mass is 32.1. The lowest BCUT2D eigenvalue weighted by Crippen LogP contribution is -2.38. The lowest BCUT2D eigenvalue weighted by Gasteiger charge is -2.30. The number of aromatic nitrogens is 1. The van der Waals surface area contributed by atoms with Crippen LogP contribution < -0.4 is 5.32 Å². The monoisotopic (exact) mass is 224 g/mol. The Hall–Kier alpha value is -0.410. The van der Waals surface area contributed by atoms with E-state index in [4.69, 9.17) is 0 Å². The molecule has 1 aliphatic carbocycles. The van der Waals surface area contributed by atoms with Crippen molar-refractivity contribution in [2.75, 3.05) is 0 Å². The molecule has 0 bridgehead atoms. The van der Waals surface area contributed by atoms with E-state index in [-0.39, 0.29) is 0 Å². The van der Waals surface area contributed by atoms with Crippen molar-refractivity contribution in [1.82, 2.24) is 10.3 Å². The van der Waals surface area contributed by atoms with Crippen molar-refractivity contribution < 1.29 is 0 Å². The summed E-state index contributed by atoms with van der Waals surface area (Å²) in [4.78, 5) is 5.48. The van der Waals surface area contributed by atoms with E-state index in [0.29, 0.717) is 17.5 Å². The van der Waals surface area contributed by atoms with E-state index >= 15 is 0 Å². The van der Waals surface area contributed by atoms with Gasteiger partial charge in [0.15, 0.2) is 0 Å². The van der Waals surface area contributed by atoms with Crippen LogP contribution in [0, 0.1) is 5.41 Å². The first-order valence-corrected chi connectivity index (χ1v) is 6.62. The third-order valence-corrected chi connectivity index (χ3v) is 4.54. The predicted octanol–water partition coefficient (Wildman–Crippen LogP) is 3.37. The molecule has 2 nitrogen and oxygen atoms in total. The highest BCUT2D eigenvalue weighted by Crippen LogP contribution is 2.38. The van der Waals surface area contributed by atoms with Gasteiger partial charge in [0.2, 0.25) is 0 Å². The number of thiazole rings is 1. The van der Waals surface area contributed by atoms with Crippen molar-refractivity contribution in [3.63, 3.8) is 0 Å². The maximum atomic E-state index is 4.13. The first-order valence-electron chi connectivity index (χ1n) is 5.74. The summed E-state index contributed by atoms with van der Waals surface area (Å²) in [5.74, 6) is 0. The summed E-state index contributed by atoms with van der Waals surface area (Å²) in [6.07, 6.45) is 6.00. The molecule has 84 valence electrons. The molecule has 1 aliphatic rings. The molecule has 15 heavy (non-hydrogen) atoms. The molecule has 2 atom stereocenters. The van der Waals surface area contributed by atoms with Crippen molar-refractivity contribution >= 4 is 11.3 Å². The first-order chi connectivity index (χ1) is 7.09. The second kappa shape index (κ2) is 4.22. The smallest absolute Gasteiger partial charge is 0.0794 e. The minimum Gasteiger partial charge on any atom is -0.306 e. The summed E-state index contributed by atoms with van der Waals surface area (Å²) in [7, 11) is 0. The third kappa shape index (κ3) is 2.40. The Balaban J connectivity index is 1.97. The van der Waals surface area contributed by atoms with Crippen LogP contribution in [0.25, 0.3) is 0 Å². The normalized spacial score (nSPS) is 26.7. The summed E-state index contributed by atoms with van der Waals surface area (Å²) >= 11 is 1.74. The molecule has 1 heterocycles. The van der Waals surface area contributed by atoms with Crippen LogP contribution in [-0.2, 0) is 0 Å². The SMILES string of the molecule is CC(NC1CCCC1(C)C)c1cncs1. The molecule has 2 unspecified atom stereocenters. The fourth-order valence-electron chi connectivity index (χ4n) is 2.46. The van der Waals surface area contributed by atoms with Crippen LogP contribution in [0.15, 0.2) is 11.7 Å². The fourth-order valence-corrected chi connectivity index (χ4v) is 3.10. The Kier molecular flexibility index (Phi) is 3.12. The lowest BCUT2D eigenvalue weighted by atomic mass is 9.87. The average molecular weight is 224 g/mol. The molecule has 0 aliphatic heterocycles. The van der Waals surface area contributed by atoms with Crippen LogP contribution in [0.2, 0.25) is 0 Å². The van der Waals surface area contributed by atoms with Gasteiger partial charge in [0.05, 0.1) is 5.51 Å². The van der Waals surface area contributed by atoms with Crippen LogP contribution in [-0.4, -0.2) is 11.0 Å². The van der Waals surface area contributed by atoms with E-state index in [0.717, 1.165) is 0 Å². The van der Waals surface area contributed by atoms with Gasteiger partial charge in [-0.05, 0) is 25.2 Å². The molecule has 0 amide bonds. The molecule has 2 rings (SSSR count). The molecule has 0 radical (unpaired) electrons. The largest absolute Gasteiger partial charge is 0.306 e. The van der Waals surface area contributed by atoms with E-state index in [2.05, 4.69) is 31.1 Å². The van der Waals surface area contributed by atoms with Crippen molar-refractivity contribution in [3.05, 3.63) is 16.6 Å². The number of nitrogens with zero attached hydrogens (tertiary/aromatic N) is 1. The molecule has 1 N–H and O–H groups in total. The zero-order valence-electron chi connectivity index (χ0n) is 9.79. The summed E-state index contributed by atoms with van der Waals surface area (Å²) in [6.45, 7) is 6.98. The van der Waals surface area contributed by atoms with Crippen LogP contribution in [0.4, 0.5) is 0 Å². The second-order valence-corrected chi connectivity index (χ2v) is 6.14. The summed E-state index contributed by atoms with van der Waals surface area (Å²) in [6, 6.07) is 1.11. The van der Waals surface area contributed by atoms with Gasteiger partial charge in [0.1, 0.15) is 0 Å². The Bertz CT molecular complexity index is 305. The number of hydrogen-bond donors (Lipinski definition) is 1. The molecule has 3 heteroatoms. The van der Waals surface area contributed by atoms with Gasteiger partial charge in [-0.15, -0.1) is 11.3 Å². The van der Waals surface area contributed by atoms with E-state index in [1.54, 1.807) is 11.3 Å². The van der Waals surface area contributed by atoms with Crippen molar-refractivity contribution in [1.29, 1.82) is 0 Å². The molecule has 1 saturated carbocycles. The van der Waals surface area contributed by atoms with Gasteiger partial charge in [-0.25, -0.2) is 0 Å². The molecule has 1 fully saturated rings. The third-order valence-electron chi connectivity index (χ3n) is 3.59. The fraction of sp³-hybridized carbons (Fsp3) is 0.750. The van der Waals surface area contributed by atoms with Crippen LogP contribution >= 0.6 is 11.3 Å². The summed E-state index contributed by atoms with van der Waals surface area (Å²) in [5.41, 5.74) is 2.37. The molecular formula is C12H20N2S. The van der Waals surface area contributed by atoms with E-state index in [9.17, 15) is 0 Å². The van der Waals surface area contributed by atoms with Crippen LogP contribution in [0.1, 0.15) is 51.0 Å². The van der Waals surface area contributed by atoms with Gasteiger partial charge in [-0.3, -0.25) is 4.98 Å². The minimum absolute atomic E-state index is 0.444. The maximum absolute atomic E-state index is 4.13. The van der Waals surface area contributed by atoms with Gasteiger partial charge in [0, 0.05) is 23.2 Å². The van der Waals surface area contributed by atoms with Gasteiger partial charge in [-0.2, -0.15) is 0 Å². The van der Waals surface area contributed by atoms with E-state index in [1.165, 1.54) is 24.1 Å². The van der Waals surface area contributed by atoms with Crippen LogP contribution in [0.3, 0.4) is 0 Å². The molecule has 1 aromatic rings. The first kappa shape index (κ1) is 11.1. The highest BCUT2D eigenvalue weighted by molar-refractivity contribution is 7.09. The number of hydrogen-bond acceptors (Lipinski definition) is 3. The summed E-state index contributed by atoms with van der Waals surface area (Å²) in [5, 5.41) is 3.74. The molecule has 1 aromatic heterocycles. The van der Waals surface area contributed by atoms with E-state index in [1.807, 2.05) is 11.7 Å². The predicted molar refractivity (Wildman–Crippen MR) is 65.1 cm³/mol. The van der Waals surface area contributed by atoms with Gasteiger partial charge >= 0.3 is 0 Å². The number of nitrogens with one attached hydrogen (secondary N) is 1. The zero-order chi connectivity index (χ0) is 10.9. The zero-order valence-corrected chi connectivity index (χ0v) is 10.6. The van der Waals surface area contributed by atoms with Crippen molar-refractivity contribution in [3.8, 4) is 0 Å². The van der Waals surface area contributed by atoms with Gasteiger partial charge < -0.3 is 5.32 Å². The minimum atomic E-state index is 0.444. The molecule has 0 aromatic carbocycles. The quantitative estimate of drug-likeness (QED) is 0.851. The Labute approximate surface area is 96.1 Å². The topological polar surface area (TPSA) is 24.9 Å². The highest BCUT2D eigenvalue weighted by Gasteiger charge is 2.35.